The van der Waals surface area contributed by atoms with Crippen molar-refractivity contribution in [3.63, 3.8) is 0 Å². The lowest BCUT2D eigenvalue weighted by atomic mass is 10.0. The zero-order valence-electron chi connectivity index (χ0n) is 11.6. The SMILES string of the molecule is C/C=N\C(=C(/C)c1ccncc1)c1ccc(C)cc1. The third-order valence-corrected chi connectivity index (χ3v) is 3.05. The van der Waals surface area contributed by atoms with Gasteiger partial charge < -0.3 is 0 Å². The summed E-state index contributed by atoms with van der Waals surface area (Å²) in [4.78, 5) is 8.59. The van der Waals surface area contributed by atoms with E-state index >= 15 is 0 Å². The molecule has 2 heteroatoms. The van der Waals surface area contributed by atoms with Crippen LogP contribution in [0.5, 0.6) is 0 Å². The Hall–Kier alpha value is -2.22. The highest BCUT2D eigenvalue weighted by atomic mass is 14.7. The monoisotopic (exact) mass is 250 g/mol. The molecule has 2 rings (SSSR count). The number of rotatable bonds is 3. The van der Waals surface area contributed by atoms with Crippen molar-refractivity contribution in [2.24, 2.45) is 4.99 Å². The van der Waals surface area contributed by atoms with Crippen LogP contribution in [0.15, 0.2) is 53.8 Å². The minimum Gasteiger partial charge on any atom is -0.265 e. The molecule has 0 fully saturated rings. The fourth-order valence-electron chi connectivity index (χ4n) is 1.97. The van der Waals surface area contributed by atoms with Gasteiger partial charge in [-0.2, -0.15) is 0 Å². The van der Waals surface area contributed by atoms with Crippen LogP contribution in [-0.2, 0) is 0 Å². The number of aryl methyl sites for hydroxylation is 1. The first-order valence-electron chi connectivity index (χ1n) is 6.39. The van der Waals surface area contributed by atoms with Crippen molar-refractivity contribution in [2.75, 3.05) is 0 Å². The molecule has 0 aliphatic rings. The quantitative estimate of drug-likeness (QED) is 0.742. The van der Waals surface area contributed by atoms with E-state index in [1.807, 2.05) is 25.3 Å². The molecular formula is C17H18N2. The molecule has 0 saturated carbocycles. The molecule has 1 heterocycles. The van der Waals surface area contributed by atoms with E-state index in [0.29, 0.717) is 0 Å². The van der Waals surface area contributed by atoms with Crippen molar-refractivity contribution >= 4 is 17.5 Å². The molecule has 2 aromatic rings. The van der Waals surface area contributed by atoms with E-state index in [1.165, 1.54) is 5.56 Å². The lowest BCUT2D eigenvalue weighted by molar-refractivity contribution is 1.31. The molecule has 0 aliphatic heterocycles. The fraction of sp³-hybridized carbons (Fsp3) is 0.176. The van der Waals surface area contributed by atoms with Crippen LogP contribution < -0.4 is 0 Å². The van der Waals surface area contributed by atoms with Crippen molar-refractivity contribution in [1.29, 1.82) is 0 Å². The second-order valence-corrected chi connectivity index (χ2v) is 4.46. The van der Waals surface area contributed by atoms with Gasteiger partial charge in [-0.3, -0.25) is 9.98 Å². The van der Waals surface area contributed by atoms with Gasteiger partial charge >= 0.3 is 0 Å². The first-order chi connectivity index (χ1) is 9.22. The standard InChI is InChI=1S/C17H18N2/c1-4-19-17(16-7-5-13(2)6-8-16)14(3)15-9-11-18-12-10-15/h4-12H,1-3H3/b17-14+,19-4-. The molecule has 0 amide bonds. The molecule has 1 aromatic heterocycles. The molecule has 2 nitrogen and oxygen atoms in total. The molecule has 0 N–H and O–H groups in total. The average Bonchev–Trinajstić information content (AvgIpc) is 2.46. The highest BCUT2D eigenvalue weighted by Gasteiger charge is 2.06. The van der Waals surface area contributed by atoms with Gasteiger partial charge in [0.05, 0.1) is 5.70 Å². The van der Waals surface area contributed by atoms with Crippen molar-refractivity contribution in [2.45, 2.75) is 20.8 Å². The zero-order valence-corrected chi connectivity index (χ0v) is 11.6. The number of pyridine rings is 1. The lowest BCUT2D eigenvalue weighted by Crippen LogP contribution is -1.89. The van der Waals surface area contributed by atoms with Crippen LogP contribution in [0.2, 0.25) is 0 Å². The molecule has 0 saturated heterocycles. The van der Waals surface area contributed by atoms with Crippen molar-refractivity contribution < 1.29 is 0 Å². The molecule has 1 aromatic carbocycles. The molecule has 96 valence electrons. The van der Waals surface area contributed by atoms with E-state index in [1.54, 1.807) is 12.4 Å². The molecule has 0 aliphatic carbocycles. The van der Waals surface area contributed by atoms with E-state index in [0.717, 1.165) is 22.4 Å². The summed E-state index contributed by atoms with van der Waals surface area (Å²) in [6.07, 6.45) is 5.45. The summed E-state index contributed by atoms with van der Waals surface area (Å²) in [7, 11) is 0. The minimum absolute atomic E-state index is 1.01. The molecular weight excluding hydrogens is 232 g/mol. The topological polar surface area (TPSA) is 25.2 Å². The maximum absolute atomic E-state index is 4.53. The number of hydrogen-bond acceptors (Lipinski definition) is 2. The van der Waals surface area contributed by atoms with Gasteiger partial charge in [0, 0.05) is 24.2 Å². The molecule has 19 heavy (non-hydrogen) atoms. The predicted molar refractivity (Wildman–Crippen MR) is 82.1 cm³/mol. The smallest absolute Gasteiger partial charge is 0.0733 e. The first-order valence-corrected chi connectivity index (χ1v) is 6.39. The van der Waals surface area contributed by atoms with Crippen molar-refractivity contribution in [3.05, 3.63) is 65.5 Å². The predicted octanol–water partition coefficient (Wildman–Crippen LogP) is 4.37. The number of benzene rings is 1. The summed E-state index contributed by atoms with van der Waals surface area (Å²) in [6, 6.07) is 12.5. The summed E-state index contributed by atoms with van der Waals surface area (Å²) in [5.41, 5.74) is 5.71. The number of nitrogens with zero attached hydrogens (tertiary/aromatic N) is 2. The molecule has 0 radical (unpaired) electrons. The van der Waals surface area contributed by atoms with Gasteiger partial charge in [0.1, 0.15) is 0 Å². The van der Waals surface area contributed by atoms with Crippen LogP contribution in [0.4, 0.5) is 0 Å². The third-order valence-electron chi connectivity index (χ3n) is 3.05. The Morgan fingerprint density at radius 3 is 2.21 bits per heavy atom. The Bertz CT molecular complexity index is 593. The normalized spacial score (nSPS) is 12.6. The van der Waals surface area contributed by atoms with E-state index in [9.17, 15) is 0 Å². The van der Waals surface area contributed by atoms with E-state index in [2.05, 4.69) is 48.1 Å². The van der Waals surface area contributed by atoms with Gasteiger partial charge in [-0.25, -0.2) is 0 Å². The van der Waals surface area contributed by atoms with Crippen molar-refractivity contribution in [1.82, 2.24) is 4.98 Å². The Morgan fingerprint density at radius 2 is 1.63 bits per heavy atom. The van der Waals surface area contributed by atoms with Crippen LogP contribution in [0, 0.1) is 6.92 Å². The molecule has 0 unspecified atom stereocenters. The minimum atomic E-state index is 1.01. The Kier molecular flexibility index (Phi) is 4.24. The molecule has 0 spiro atoms. The first kappa shape index (κ1) is 13.2. The average molecular weight is 250 g/mol. The summed E-state index contributed by atoms with van der Waals surface area (Å²) in [5.74, 6) is 0. The van der Waals surface area contributed by atoms with Gasteiger partial charge in [0.25, 0.3) is 0 Å². The maximum Gasteiger partial charge on any atom is 0.0733 e. The van der Waals surface area contributed by atoms with Crippen LogP contribution in [0.25, 0.3) is 11.3 Å². The summed E-state index contributed by atoms with van der Waals surface area (Å²) in [5, 5.41) is 0. The number of aromatic nitrogens is 1. The van der Waals surface area contributed by atoms with E-state index in [4.69, 9.17) is 0 Å². The summed E-state index contributed by atoms with van der Waals surface area (Å²) >= 11 is 0. The highest BCUT2D eigenvalue weighted by molar-refractivity contribution is 5.91. The maximum atomic E-state index is 4.53. The summed E-state index contributed by atoms with van der Waals surface area (Å²) in [6.45, 7) is 6.12. The molecule has 0 bridgehead atoms. The van der Waals surface area contributed by atoms with Crippen LogP contribution >= 0.6 is 0 Å². The van der Waals surface area contributed by atoms with Crippen molar-refractivity contribution in [3.8, 4) is 0 Å². The fourth-order valence-corrected chi connectivity index (χ4v) is 1.97. The highest BCUT2D eigenvalue weighted by Crippen LogP contribution is 2.26. The van der Waals surface area contributed by atoms with Crippen LogP contribution in [-0.4, -0.2) is 11.2 Å². The molecule has 0 atom stereocenters. The third kappa shape index (κ3) is 3.16. The Balaban J connectivity index is 2.53. The van der Waals surface area contributed by atoms with Crippen LogP contribution in [0.1, 0.15) is 30.5 Å². The second-order valence-electron chi connectivity index (χ2n) is 4.46. The number of aliphatic imine (C=N–C) groups is 1. The Morgan fingerprint density at radius 1 is 1.00 bits per heavy atom. The summed E-state index contributed by atoms with van der Waals surface area (Å²) < 4.78 is 0. The Labute approximate surface area is 114 Å². The van der Waals surface area contributed by atoms with Gasteiger partial charge in [0.15, 0.2) is 0 Å². The number of hydrogen-bond donors (Lipinski definition) is 0. The largest absolute Gasteiger partial charge is 0.265 e. The number of allylic oxidation sites excluding steroid dienone is 1. The van der Waals surface area contributed by atoms with Gasteiger partial charge in [0.2, 0.25) is 0 Å². The van der Waals surface area contributed by atoms with Gasteiger partial charge in [-0.05, 0) is 44.0 Å². The van der Waals surface area contributed by atoms with Gasteiger partial charge in [-0.15, -0.1) is 0 Å². The second kappa shape index (κ2) is 6.10. The van der Waals surface area contributed by atoms with Crippen LogP contribution in [0.3, 0.4) is 0 Å². The van der Waals surface area contributed by atoms with Gasteiger partial charge in [-0.1, -0.05) is 29.8 Å². The lowest BCUT2D eigenvalue weighted by Gasteiger charge is -2.09. The van der Waals surface area contributed by atoms with E-state index < -0.39 is 0 Å². The van der Waals surface area contributed by atoms with E-state index in [-0.39, 0.29) is 0 Å². The zero-order chi connectivity index (χ0) is 13.7.